The molecule has 1 amide bonds. The second-order valence-electron chi connectivity index (χ2n) is 4.27. The second-order valence-corrected chi connectivity index (χ2v) is 4.27. The summed E-state index contributed by atoms with van der Waals surface area (Å²) in [5.41, 5.74) is 0. The van der Waals surface area contributed by atoms with Gasteiger partial charge in [0, 0.05) is 32.7 Å². The molecule has 0 aromatic heterocycles. The van der Waals surface area contributed by atoms with Crippen LogP contribution in [0.25, 0.3) is 0 Å². The zero-order chi connectivity index (χ0) is 11.8. The van der Waals surface area contributed by atoms with Crippen LogP contribution in [0.5, 0.6) is 0 Å². The van der Waals surface area contributed by atoms with Crippen LogP contribution >= 0.6 is 0 Å². The first kappa shape index (κ1) is 13.4. The van der Waals surface area contributed by atoms with Crippen molar-refractivity contribution in [3.05, 3.63) is 0 Å². The van der Waals surface area contributed by atoms with Gasteiger partial charge in [0.15, 0.2) is 0 Å². The normalized spacial score (nSPS) is 19.4. The van der Waals surface area contributed by atoms with Crippen molar-refractivity contribution in [2.75, 3.05) is 39.3 Å². The van der Waals surface area contributed by atoms with Gasteiger partial charge in [0.25, 0.3) is 0 Å². The van der Waals surface area contributed by atoms with Crippen LogP contribution in [0.15, 0.2) is 0 Å². The van der Waals surface area contributed by atoms with Crippen molar-refractivity contribution in [1.82, 2.24) is 15.5 Å². The average Bonchev–Trinajstić information content (AvgIpc) is 2.28. The molecule has 1 unspecified atom stereocenters. The van der Waals surface area contributed by atoms with Crippen molar-refractivity contribution in [2.45, 2.75) is 25.9 Å². The van der Waals surface area contributed by atoms with Gasteiger partial charge in [0.2, 0.25) is 5.91 Å². The van der Waals surface area contributed by atoms with E-state index in [0.717, 1.165) is 39.0 Å². The third kappa shape index (κ3) is 5.44. The first-order valence-corrected chi connectivity index (χ1v) is 6.10. The summed E-state index contributed by atoms with van der Waals surface area (Å²) in [6.07, 6.45) is 1.28. The Morgan fingerprint density at radius 3 is 2.81 bits per heavy atom. The number of rotatable bonds is 6. The lowest BCUT2D eigenvalue weighted by Gasteiger charge is -2.26. The second kappa shape index (κ2) is 7.60. The predicted octanol–water partition coefficient (Wildman–Crippen LogP) is -0.831. The van der Waals surface area contributed by atoms with Crippen molar-refractivity contribution in [3.8, 4) is 0 Å². The lowest BCUT2D eigenvalue weighted by atomic mass is 10.2. The van der Waals surface area contributed by atoms with Crippen LogP contribution in [-0.2, 0) is 4.79 Å². The molecule has 16 heavy (non-hydrogen) atoms. The zero-order valence-corrected chi connectivity index (χ0v) is 10.0. The molecule has 3 N–H and O–H groups in total. The van der Waals surface area contributed by atoms with Gasteiger partial charge in [-0.2, -0.15) is 0 Å². The minimum atomic E-state index is -0.406. The van der Waals surface area contributed by atoms with Gasteiger partial charge in [-0.05, 0) is 6.42 Å². The Bertz CT molecular complexity index is 205. The summed E-state index contributed by atoms with van der Waals surface area (Å²) in [7, 11) is 0. The number of carbonyl (C=O) groups excluding carboxylic acids is 1. The molecule has 0 aromatic rings. The summed E-state index contributed by atoms with van der Waals surface area (Å²) < 4.78 is 0. The highest BCUT2D eigenvalue weighted by Crippen LogP contribution is 1.94. The fourth-order valence-electron chi connectivity index (χ4n) is 1.80. The summed E-state index contributed by atoms with van der Waals surface area (Å²) in [6.45, 7) is 6.58. The van der Waals surface area contributed by atoms with E-state index in [9.17, 15) is 9.90 Å². The summed E-state index contributed by atoms with van der Waals surface area (Å²) in [4.78, 5) is 13.7. The van der Waals surface area contributed by atoms with Gasteiger partial charge in [-0.3, -0.25) is 9.69 Å². The minimum Gasteiger partial charge on any atom is -0.391 e. The lowest BCUT2D eigenvalue weighted by Crippen LogP contribution is -2.48. The molecule has 1 aliphatic rings. The van der Waals surface area contributed by atoms with E-state index in [0.29, 0.717) is 13.1 Å². The Hall–Kier alpha value is -0.650. The van der Waals surface area contributed by atoms with Crippen molar-refractivity contribution in [2.24, 2.45) is 0 Å². The number of nitrogens with zero attached hydrogens (tertiary/aromatic N) is 1. The third-order valence-electron chi connectivity index (χ3n) is 2.73. The summed E-state index contributed by atoms with van der Waals surface area (Å²) >= 11 is 0. The molecule has 1 fully saturated rings. The molecule has 1 saturated heterocycles. The maximum Gasteiger partial charge on any atom is 0.234 e. The van der Waals surface area contributed by atoms with Gasteiger partial charge in [0.1, 0.15) is 0 Å². The Morgan fingerprint density at radius 2 is 2.19 bits per heavy atom. The molecule has 1 rings (SSSR count). The van der Waals surface area contributed by atoms with Crippen molar-refractivity contribution >= 4 is 5.91 Å². The number of aliphatic hydroxyl groups excluding tert-OH is 1. The van der Waals surface area contributed by atoms with Crippen molar-refractivity contribution in [3.63, 3.8) is 0 Å². The van der Waals surface area contributed by atoms with Gasteiger partial charge in [0.05, 0.1) is 12.6 Å². The van der Waals surface area contributed by atoms with Crippen molar-refractivity contribution < 1.29 is 9.90 Å². The largest absolute Gasteiger partial charge is 0.391 e. The Balaban J connectivity index is 2.10. The molecule has 0 spiro atoms. The molecule has 94 valence electrons. The fraction of sp³-hybridized carbons (Fsp3) is 0.909. The minimum absolute atomic E-state index is 0.0112. The first-order valence-electron chi connectivity index (χ1n) is 6.10. The molecule has 1 atom stereocenters. The predicted molar refractivity (Wildman–Crippen MR) is 63.2 cm³/mol. The third-order valence-corrected chi connectivity index (χ3v) is 2.73. The molecule has 0 saturated carbocycles. The molecule has 5 heteroatoms. The fourth-order valence-corrected chi connectivity index (χ4v) is 1.80. The van der Waals surface area contributed by atoms with Crippen LogP contribution < -0.4 is 10.6 Å². The van der Waals surface area contributed by atoms with E-state index in [-0.39, 0.29) is 5.91 Å². The highest BCUT2D eigenvalue weighted by atomic mass is 16.3. The maximum absolute atomic E-state index is 11.5. The maximum atomic E-state index is 11.5. The summed E-state index contributed by atoms with van der Waals surface area (Å²) in [5, 5.41) is 15.5. The van der Waals surface area contributed by atoms with E-state index in [1.165, 1.54) is 0 Å². The quantitative estimate of drug-likeness (QED) is 0.556. The van der Waals surface area contributed by atoms with Crippen LogP contribution in [0.4, 0.5) is 0 Å². The average molecular weight is 229 g/mol. The molecule has 0 aromatic carbocycles. The topological polar surface area (TPSA) is 64.6 Å². The first-order chi connectivity index (χ1) is 7.72. The lowest BCUT2D eigenvalue weighted by molar-refractivity contribution is -0.122. The number of nitrogens with one attached hydrogen (secondary N) is 2. The highest BCUT2D eigenvalue weighted by molar-refractivity contribution is 5.78. The SMILES string of the molecule is CCCC(O)CNC(=O)CN1CCNCC1. The van der Waals surface area contributed by atoms with E-state index in [4.69, 9.17) is 0 Å². The van der Waals surface area contributed by atoms with E-state index in [1.807, 2.05) is 6.92 Å². The van der Waals surface area contributed by atoms with Crippen LogP contribution in [0.3, 0.4) is 0 Å². The van der Waals surface area contributed by atoms with E-state index in [2.05, 4.69) is 15.5 Å². The number of hydrogen-bond acceptors (Lipinski definition) is 4. The van der Waals surface area contributed by atoms with Crippen LogP contribution in [-0.4, -0.2) is 61.3 Å². The van der Waals surface area contributed by atoms with E-state index < -0.39 is 6.10 Å². The molecule has 5 nitrogen and oxygen atoms in total. The molecular formula is C11H23N3O2. The number of hydrogen-bond donors (Lipinski definition) is 3. The van der Waals surface area contributed by atoms with E-state index in [1.54, 1.807) is 0 Å². The number of piperazine rings is 1. The number of aliphatic hydroxyl groups is 1. The van der Waals surface area contributed by atoms with Crippen LogP contribution in [0, 0.1) is 0 Å². The molecule has 0 bridgehead atoms. The molecule has 1 aliphatic heterocycles. The zero-order valence-electron chi connectivity index (χ0n) is 10.0. The highest BCUT2D eigenvalue weighted by Gasteiger charge is 2.13. The Labute approximate surface area is 97.2 Å². The van der Waals surface area contributed by atoms with E-state index >= 15 is 0 Å². The molecular weight excluding hydrogens is 206 g/mol. The molecule has 0 aliphatic carbocycles. The van der Waals surface area contributed by atoms with Crippen LogP contribution in [0.2, 0.25) is 0 Å². The summed E-state index contributed by atoms with van der Waals surface area (Å²) in [6, 6.07) is 0. The Kier molecular flexibility index (Phi) is 6.37. The standard InChI is InChI=1S/C11H23N3O2/c1-2-3-10(15)8-13-11(16)9-14-6-4-12-5-7-14/h10,12,15H,2-9H2,1H3,(H,13,16). The smallest absolute Gasteiger partial charge is 0.234 e. The summed E-state index contributed by atoms with van der Waals surface area (Å²) in [5.74, 6) is 0.0112. The van der Waals surface area contributed by atoms with Gasteiger partial charge in [-0.15, -0.1) is 0 Å². The number of carbonyl (C=O) groups is 1. The molecule has 0 radical (unpaired) electrons. The number of amides is 1. The van der Waals surface area contributed by atoms with Gasteiger partial charge < -0.3 is 15.7 Å². The monoisotopic (exact) mass is 229 g/mol. The van der Waals surface area contributed by atoms with Crippen LogP contribution in [0.1, 0.15) is 19.8 Å². The van der Waals surface area contributed by atoms with Gasteiger partial charge in [-0.1, -0.05) is 13.3 Å². The Morgan fingerprint density at radius 1 is 1.50 bits per heavy atom. The van der Waals surface area contributed by atoms with Gasteiger partial charge in [-0.25, -0.2) is 0 Å². The molecule has 1 heterocycles. The van der Waals surface area contributed by atoms with Crippen molar-refractivity contribution in [1.29, 1.82) is 0 Å². The van der Waals surface area contributed by atoms with Gasteiger partial charge >= 0.3 is 0 Å².